The molecule has 1 fully saturated rings. The van der Waals surface area contributed by atoms with Crippen LogP contribution in [0.3, 0.4) is 0 Å². The van der Waals surface area contributed by atoms with Gasteiger partial charge >= 0.3 is 5.97 Å². The van der Waals surface area contributed by atoms with Gasteiger partial charge in [0.15, 0.2) is 11.6 Å². The summed E-state index contributed by atoms with van der Waals surface area (Å²) in [5.41, 5.74) is 12.2. The van der Waals surface area contributed by atoms with Crippen molar-refractivity contribution < 1.29 is 9.53 Å². The smallest absolute Gasteiger partial charge is 0.328 e. The highest BCUT2D eigenvalue weighted by molar-refractivity contribution is 5.79. The van der Waals surface area contributed by atoms with Crippen LogP contribution in [-0.2, 0) is 4.79 Å². The van der Waals surface area contributed by atoms with Crippen molar-refractivity contribution in [2.45, 2.75) is 18.9 Å². The van der Waals surface area contributed by atoms with Gasteiger partial charge in [0.1, 0.15) is 23.2 Å². The summed E-state index contributed by atoms with van der Waals surface area (Å²) in [6, 6.07) is 9.96. The monoisotopic (exact) mass is 340 g/mol. The van der Waals surface area contributed by atoms with Crippen LogP contribution in [0.25, 0.3) is 0 Å². The van der Waals surface area contributed by atoms with Gasteiger partial charge in [0.05, 0.1) is 0 Å². The summed E-state index contributed by atoms with van der Waals surface area (Å²) in [5.74, 6) is 0.576. The maximum atomic E-state index is 12.4. The average Bonchev–Trinajstić information content (AvgIpc) is 3.01. The Kier molecular flexibility index (Phi) is 4.90. The fourth-order valence-corrected chi connectivity index (χ4v) is 2.69. The largest absolute Gasteiger partial charge is 0.423 e. The van der Waals surface area contributed by atoms with E-state index < -0.39 is 0 Å². The van der Waals surface area contributed by atoms with Crippen molar-refractivity contribution in [3.05, 3.63) is 36.4 Å². The number of hydrogen-bond acceptors (Lipinski definition) is 8. The van der Waals surface area contributed by atoms with Crippen molar-refractivity contribution in [3.8, 4) is 5.75 Å². The zero-order valence-corrected chi connectivity index (χ0v) is 13.9. The molecule has 0 saturated carbocycles. The molecule has 8 heteroatoms. The number of aromatic nitrogens is 1. The number of para-hydroxylation sites is 1. The topological polar surface area (TPSA) is 119 Å². The minimum Gasteiger partial charge on any atom is -0.423 e. The number of nitrogens with zero attached hydrogens (tertiary/aromatic N) is 4. The maximum absolute atomic E-state index is 12.4. The third kappa shape index (κ3) is 3.92. The fraction of sp³-hybridized carbons (Fsp3) is 0.294. The second-order valence-corrected chi connectivity index (χ2v) is 5.87. The number of esters is 1. The van der Waals surface area contributed by atoms with Crippen LogP contribution in [0.15, 0.2) is 46.6 Å². The first kappa shape index (κ1) is 16.8. The molecule has 25 heavy (non-hydrogen) atoms. The van der Waals surface area contributed by atoms with Crippen molar-refractivity contribution in [2.75, 3.05) is 25.1 Å². The van der Waals surface area contributed by atoms with Crippen molar-refractivity contribution in [2.24, 2.45) is 10.2 Å². The summed E-state index contributed by atoms with van der Waals surface area (Å²) in [4.78, 5) is 18.3. The molecular weight excluding hydrogens is 320 g/mol. The summed E-state index contributed by atoms with van der Waals surface area (Å²) >= 11 is 0. The van der Waals surface area contributed by atoms with E-state index in [1.54, 1.807) is 36.4 Å². The van der Waals surface area contributed by atoms with E-state index in [0.717, 1.165) is 19.4 Å². The molecule has 0 aliphatic carbocycles. The van der Waals surface area contributed by atoms with Gasteiger partial charge in [-0.05, 0) is 50.7 Å². The van der Waals surface area contributed by atoms with Gasteiger partial charge in [0.25, 0.3) is 0 Å². The maximum Gasteiger partial charge on any atom is 0.328 e. The van der Waals surface area contributed by atoms with Crippen molar-refractivity contribution in [1.29, 1.82) is 0 Å². The first-order valence-corrected chi connectivity index (χ1v) is 7.99. The third-order valence-corrected chi connectivity index (χ3v) is 4.06. The number of anilines is 2. The predicted molar refractivity (Wildman–Crippen MR) is 95.0 cm³/mol. The molecule has 130 valence electrons. The summed E-state index contributed by atoms with van der Waals surface area (Å²) in [5, 5.41) is 8.22. The number of nitrogens with two attached hydrogens (primary N) is 2. The molecule has 3 rings (SSSR count). The number of azo groups is 1. The number of carbonyl (C=O) groups excluding carboxylic acids is 1. The molecule has 2 heterocycles. The van der Waals surface area contributed by atoms with Gasteiger partial charge in [-0.25, -0.2) is 9.78 Å². The molecule has 1 aromatic carbocycles. The lowest BCUT2D eigenvalue weighted by Gasteiger charge is -2.17. The Labute approximate surface area is 145 Å². The molecule has 1 aliphatic heterocycles. The van der Waals surface area contributed by atoms with Gasteiger partial charge < -0.3 is 16.2 Å². The van der Waals surface area contributed by atoms with E-state index >= 15 is 0 Å². The molecule has 0 spiro atoms. The molecule has 8 nitrogen and oxygen atoms in total. The average molecular weight is 340 g/mol. The van der Waals surface area contributed by atoms with E-state index in [4.69, 9.17) is 16.2 Å². The van der Waals surface area contributed by atoms with E-state index in [-0.39, 0.29) is 17.8 Å². The molecule has 0 amide bonds. The molecule has 1 atom stereocenters. The standard InChI is InChI=1S/C17H20N6O2/c1-23-10-4-6-13(23)17(24)25-14-7-3-2-5-11(14)21-22-12-8-9-15(18)20-16(12)19/h2-3,5,7-9,13H,4,6,10H2,1H3,(H4,18,19,20)/t13-/m0/s1. The van der Waals surface area contributed by atoms with Crippen LogP contribution in [-0.4, -0.2) is 35.5 Å². The Hall–Kier alpha value is -3.00. The number of likely N-dealkylation sites (N-methyl/N-ethyl adjacent to an activating group) is 1. The fourth-order valence-electron chi connectivity index (χ4n) is 2.69. The molecular formula is C17H20N6O2. The quantitative estimate of drug-likeness (QED) is 0.501. The second-order valence-electron chi connectivity index (χ2n) is 5.87. The lowest BCUT2D eigenvalue weighted by Crippen LogP contribution is -2.35. The molecule has 0 radical (unpaired) electrons. The number of ether oxygens (including phenoxy) is 1. The highest BCUT2D eigenvalue weighted by Crippen LogP contribution is 2.31. The number of likely N-dealkylation sites (tertiary alicyclic amines) is 1. The van der Waals surface area contributed by atoms with Crippen molar-refractivity contribution >= 4 is 29.0 Å². The molecule has 4 N–H and O–H groups in total. The minimum atomic E-state index is -0.281. The Bertz CT molecular complexity index is 807. The summed E-state index contributed by atoms with van der Waals surface area (Å²) in [6.45, 7) is 0.893. The number of pyridine rings is 1. The van der Waals surface area contributed by atoms with E-state index in [0.29, 0.717) is 22.9 Å². The molecule has 0 unspecified atom stereocenters. The van der Waals surface area contributed by atoms with Crippen LogP contribution >= 0.6 is 0 Å². The van der Waals surface area contributed by atoms with Gasteiger partial charge in [0.2, 0.25) is 0 Å². The van der Waals surface area contributed by atoms with Crippen LogP contribution < -0.4 is 16.2 Å². The lowest BCUT2D eigenvalue weighted by molar-refractivity contribution is -0.138. The number of benzene rings is 1. The zero-order valence-electron chi connectivity index (χ0n) is 13.9. The van der Waals surface area contributed by atoms with Crippen LogP contribution in [0.2, 0.25) is 0 Å². The van der Waals surface area contributed by atoms with Crippen LogP contribution in [0.4, 0.5) is 23.0 Å². The first-order valence-electron chi connectivity index (χ1n) is 7.99. The van der Waals surface area contributed by atoms with Gasteiger partial charge in [-0.3, -0.25) is 4.90 Å². The van der Waals surface area contributed by atoms with Crippen LogP contribution in [0, 0.1) is 0 Å². The Morgan fingerprint density at radius 1 is 1.20 bits per heavy atom. The third-order valence-electron chi connectivity index (χ3n) is 4.06. The number of carbonyl (C=O) groups is 1. The van der Waals surface area contributed by atoms with E-state index in [2.05, 4.69) is 15.2 Å². The van der Waals surface area contributed by atoms with E-state index in [1.165, 1.54) is 0 Å². The second kappa shape index (κ2) is 7.27. The number of nitrogen functional groups attached to an aromatic ring is 2. The van der Waals surface area contributed by atoms with Crippen LogP contribution in [0.5, 0.6) is 5.75 Å². The van der Waals surface area contributed by atoms with Gasteiger partial charge in [-0.2, -0.15) is 0 Å². The van der Waals surface area contributed by atoms with Crippen LogP contribution in [0.1, 0.15) is 12.8 Å². The summed E-state index contributed by atoms with van der Waals surface area (Å²) in [7, 11) is 1.92. The number of hydrogen-bond donors (Lipinski definition) is 2. The van der Waals surface area contributed by atoms with Gasteiger partial charge in [-0.15, -0.1) is 10.2 Å². The number of rotatable bonds is 4. The van der Waals surface area contributed by atoms with E-state index in [9.17, 15) is 4.79 Å². The zero-order chi connectivity index (χ0) is 17.8. The predicted octanol–water partition coefficient (Wildman–Crippen LogP) is 2.66. The first-order chi connectivity index (χ1) is 12.0. The molecule has 1 aliphatic rings. The molecule has 0 bridgehead atoms. The van der Waals surface area contributed by atoms with E-state index in [1.807, 2.05) is 11.9 Å². The molecule has 2 aromatic rings. The SMILES string of the molecule is CN1CCC[C@H]1C(=O)Oc1ccccc1N=Nc1ccc(N)nc1N. The normalized spacial score (nSPS) is 17.9. The minimum absolute atomic E-state index is 0.186. The summed E-state index contributed by atoms with van der Waals surface area (Å²) < 4.78 is 5.54. The summed E-state index contributed by atoms with van der Waals surface area (Å²) in [6.07, 6.45) is 1.79. The molecule has 1 aromatic heterocycles. The Morgan fingerprint density at radius 3 is 2.68 bits per heavy atom. The molecule has 1 saturated heterocycles. The Morgan fingerprint density at radius 2 is 1.96 bits per heavy atom. The Balaban J connectivity index is 1.78. The van der Waals surface area contributed by atoms with Gasteiger partial charge in [0, 0.05) is 0 Å². The van der Waals surface area contributed by atoms with Crippen molar-refractivity contribution in [1.82, 2.24) is 9.88 Å². The van der Waals surface area contributed by atoms with Crippen molar-refractivity contribution in [3.63, 3.8) is 0 Å². The highest BCUT2D eigenvalue weighted by Gasteiger charge is 2.29. The lowest BCUT2D eigenvalue weighted by atomic mass is 10.2. The van der Waals surface area contributed by atoms with Gasteiger partial charge in [-0.1, -0.05) is 12.1 Å². The highest BCUT2D eigenvalue weighted by atomic mass is 16.5.